The molecule has 0 aliphatic rings. The Morgan fingerprint density at radius 3 is 2.56 bits per heavy atom. The van der Waals surface area contributed by atoms with Crippen molar-refractivity contribution in [1.82, 2.24) is 9.88 Å². The molecule has 0 saturated carbocycles. The molecule has 0 spiro atoms. The second-order valence-electron chi connectivity index (χ2n) is 4.00. The van der Waals surface area contributed by atoms with Crippen LogP contribution >= 0.6 is 0 Å². The molecule has 0 atom stereocenters. The van der Waals surface area contributed by atoms with Gasteiger partial charge in [-0.05, 0) is 13.0 Å². The highest BCUT2D eigenvalue weighted by Gasteiger charge is 2.17. The molecule has 1 amide bonds. The van der Waals surface area contributed by atoms with Gasteiger partial charge in [-0.3, -0.25) is 9.78 Å². The number of anilines is 1. The highest BCUT2D eigenvalue weighted by atomic mass is 16.4. The molecule has 0 aromatic carbocycles. The molecule has 0 unspecified atom stereocenters. The molecule has 0 fully saturated rings. The molecule has 0 aliphatic heterocycles. The molecule has 1 heterocycles. The topological polar surface area (TPSA) is 73.7 Å². The normalized spacial score (nSPS) is 9.94. The van der Waals surface area contributed by atoms with Crippen LogP contribution in [0.5, 0.6) is 0 Å². The fourth-order valence-corrected chi connectivity index (χ4v) is 1.49. The summed E-state index contributed by atoms with van der Waals surface area (Å²) in [6.07, 6.45) is 2.89. The van der Waals surface area contributed by atoms with Gasteiger partial charge in [-0.1, -0.05) is 0 Å². The fourth-order valence-electron chi connectivity index (χ4n) is 1.49. The van der Waals surface area contributed by atoms with Crippen molar-refractivity contribution in [3.8, 4) is 0 Å². The molecule has 1 rings (SSSR count). The van der Waals surface area contributed by atoms with E-state index in [1.54, 1.807) is 19.0 Å². The first-order valence-corrected chi connectivity index (χ1v) is 5.59. The number of carbonyl (C=O) groups excluding carboxylic acids is 1. The Kier molecular flexibility index (Phi) is 4.65. The molecular weight excluding hydrogens is 234 g/mol. The van der Waals surface area contributed by atoms with Crippen LogP contribution in [0.1, 0.15) is 17.3 Å². The van der Waals surface area contributed by atoms with Crippen LogP contribution in [0.25, 0.3) is 0 Å². The van der Waals surface area contributed by atoms with Crippen molar-refractivity contribution in [3.63, 3.8) is 0 Å². The molecule has 98 valence electrons. The Morgan fingerprint density at radius 2 is 2.06 bits per heavy atom. The molecular formula is C12H17N3O3. The standard InChI is InChI=1S/C12H17N3O3/c1-4-15(8-11(16)14(2)3)10-7-13-6-5-9(10)12(17)18/h5-7H,4,8H2,1-3H3,(H,17,18). The largest absolute Gasteiger partial charge is 0.478 e. The SMILES string of the molecule is CCN(CC(=O)N(C)C)c1cnccc1C(=O)O. The van der Waals surface area contributed by atoms with Crippen LogP contribution in [-0.2, 0) is 4.79 Å². The molecule has 0 saturated heterocycles. The molecule has 1 aromatic heterocycles. The maximum Gasteiger partial charge on any atom is 0.337 e. The highest BCUT2D eigenvalue weighted by molar-refractivity contribution is 5.95. The minimum atomic E-state index is -1.02. The predicted octanol–water partition coefficient (Wildman–Crippen LogP) is 0.694. The van der Waals surface area contributed by atoms with Crippen LogP contribution in [-0.4, -0.2) is 54.1 Å². The Hall–Kier alpha value is -2.11. The maximum atomic E-state index is 11.7. The minimum absolute atomic E-state index is 0.0861. The van der Waals surface area contributed by atoms with E-state index in [2.05, 4.69) is 4.98 Å². The van der Waals surface area contributed by atoms with Crippen molar-refractivity contribution < 1.29 is 14.7 Å². The number of likely N-dealkylation sites (N-methyl/N-ethyl adjacent to an activating group) is 2. The van der Waals surface area contributed by atoms with Crippen LogP contribution < -0.4 is 4.90 Å². The average molecular weight is 251 g/mol. The monoisotopic (exact) mass is 251 g/mol. The summed E-state index contributed by atoms with van der Waals surface area (Å²) < 4.78 is 0. The number of carbonyl (C=O) groups is 2. The van der Waals surface area contributed by atoms with Crippen molar-refractivity contribution in [2.45, 2.75) is 6.92 Å². The molecule has 0 radical (unpaired) electrons. The summed E-state index contributed by atoms with van der Waals surface area (Å²) in [5.74, 6) is -1.11. The lowest BCUT2D eigenvalue weighted by Gasteiger charge is -2.25. The number of hydrogen-bond donors (Lipinski definition) is 1. The summed E-state index contributed by atoms with van der Waals surface area (Å²) in [5.41, 5.74) is 0.612. The van der Waals surface area contributed by atoms with Crippen LogP contribution in [0.3, 0.4) is 0 Å². The Morgan fingerprint density at radius 1 is 1.39 bits per heavy atom. The number of carboxylic acid groups (broad SMARTS) is 1. The number of amides is 1. The van der Waals surface area contributed by atoms with Crippen molar-refractivity contribution in [3.05, 3.63) is 24.0 Å². The summed E-state index contributed by atoms with van der Waals surface area (Å²) in [7, 11) is 3.33. The van der Waals surface area contributed by atoms with Crippen LogP contribution in [0, 0.1) is 0 Å². The second-order valence-corrected chi connectivity index (χ2v) is 4.00. The number of aromatic nitrogens is 1. The number of rotatable bonds is 5. The van der Waals surface area contributed by atoms with E-state index in [1.165, 1.54) is 23.4 Å². The van der Waals surface area contributed by atoms with Gasteiger partial charge in [-0.2, -0.15) is 0 Å². The average Bonchev–Trinajstić information content (AvgIpc) is 2.35. The van der Waals surface area contributed by atoms with Crippen LogP contribution in [0.4, 0.5) is 5.69 Å². The van der Waals surface area contributed by atoms with E-state index in [0.717, 1.165) is 0 Å². The van der Waals surface area contributed by atoms with Crippen molar-refractivity contribution in [1.29, 1.82) is 0 Å². The highest BCUT2D eigenvalue weighted by Crippen LogP contribution is 2.18. The number of carboxylic acids is 1. The third-order valence-corrected chi connectivity index (χ3v) is 2.58. The summed E-state index contributed by atoms with van der Waals surface area (Å²) >= 11 is 0. The van der Waals surface area contributed by atoms with Gasteiger partial charge in [0.15, 0.2) is 0 Å². The molecule has 0 bridgehead atoms. The summed E-state index contributed by atoms with van der Waals surface area (Å²) in [6, 6.07) is 1.43. The van der Waals surface area contributed by atoms with Crippen LogP contribution in [0.15, 0.2) is 18.5 Å². The number of pyridine rings is 1. The molecule has 6 nitrogen and oxygen atoms in total. The third-order valence-electron chi connectivity index (χ3n) is 2.58. The lowest BCUT2D eigenvalue weighted by Crippen LogP contribution is -2.37. The van der Waals surface area contributed by atoms with Gasteiger partial charge >= 0.3 is 5.97 Å². The number of hydrogen-bond acceptors (Lipinski definition) is 4. The van der Waals surface area contributed by atoms with E-state index < -0.39 is 5.97 Å². The summed E-state index contributed by atoms with van der Waals surface area (Å²) in [6.45, 7) is 2.53. The zero-order chi connectivity index (χ0) is 13.7. The molecule has 18 heavy (non-hydrogen) atoms. The zero-order valence-corrected chi connectivity index (χ0v) is 10.8. The number of aromatic carboxylic acids is 1. The minimum Gasteiger partial charge on any atom is -0.478 e. The van der Waals surface area contributed by atoms with Crippen molar-refractivity contribution >= 4 is 17.6 Å². The number of nitrogens with zero attached hydrogens (tertiary/aromatic N) is 3. The Labute approximate surface area is 106 Å². The van der Waals surface area contributed by atoms with Crippen molar-refractivity contribution in [2.75, 3.05) is 32.1 Å². The quantitative estimate of drug-likeness (QED) is 0.833. The smallest absolute Gasteiger partial charge is 0.337 e. The Balaban J connectivity index is 3.02. The molecule has 6 heteroatoms. The zero-order valence-electron chi connectivity index (χ0n) is 10.8. The molecule has 0 aliphatic carbocycles. The fraction of sp³-hybridized carbons (Fsp3) is 0.417. The maximum absolute atomic E-state index is 11.7. The van der Waals surface area contributed by atoms with Crippen LogP contribution in [0.2, 0.25) is 0 Å². The van der Waals surface area contributed by atoms with E-state index >= 15 is 0 Å². The van der Waals surface area contributed by atoms with E-state index in [4.69, 9.17) is 5.11 Å². The van der Waals surface area contributed by atoms with Crippen molar-refractivity contribution in [2.24, 2.45) is 0 Å². The van der Waals surface area contributed by atoms with Gasteiger partial charge in [0.2, 0.25) is 5.91 Å². The second kappa shape index (κ2) is 6.00. The molecule has 1 N–H and O–H groups in total. The first-order chi connectivity index (χ1) is 8.47. The van der Waals surface area contributed by atoms with Gasteiger partial charge < -0.3 is 14.9 Å². The van der Waals surface area contributed by atoms with Gasteiger partial charge in [0.05, 0.1) is 24.0 Å². The van der Waals surface area contributed by atoms with Gasteiger partial charge in [-0.15, -0.1) is 0 Å². The lowest BCUT2D eigenvalue weighted by atomic mass is 10.2. The predicted molar refractivity (Wildman–Crippen MR) is 67.8 cm³/mol. The third kappa shape index (κ3) is 3.19. The first kappa shape index (κ1) is 14.0. The summed E-state index contributed by atoms with van der Waals surface area (Å²) in [4.78, 5) is 29.9. The molecule has 1 aromatic rings. The van der Waals surface area contributed by atoms with E-state index in [1.807, 2.05) is 6.92 Å². The van der Waals surface area contributed by atoms with E-state index in [0.29, 0.717) is 12.2 Å². The van der Waals surface area contributed by atoms with E-state index in [-0.39, 0.29) is 18.0 Å². The van der Waals surface area contributed by atoms with Gasteiger partial charge in [-0.25, -0.2) is 4.79 Å². The Bertz CT molecular complexity index is 446. The van der Waals surface area contributed by atoms with Gasteiger partial charge in [0, 0.05) is 26.8 Å². The first-order valence-electron chi connectivity index (χ1n) is 5.59. The summed E-state index contributed by atoms with van der Waals surface area (Å²) in [5, 5.41) is 9.10. The van der Waals surface area contributed by atoms with Gasteiger partial charge in [0.1, 0.15) is 0 Å². The van der Waals surface area contributed by atoms with E-state index in [9.17, 15) is 9.59 Å². The van der Waals surface area contributed by atoms with Gasteiger partial charge in [0.25, 0.3) is 0 Å². The lowest BCUT2D eigenvalue weighted by molar-refractivity contribution is -0.127.